The van der Waals surface area contributed by atoms with Gasteiger partial charge in [0.1, 0.15) is 0 Å². The zero-order valence-electron chi connectivity index (χ0n) is 11.1. The van der Waals surface area contributed by atoms with Crippen molar-refractivity contribution in [3.05, 3.63) is 22.2 Å². The second-order valence-electron chi connectivity index (χ2n) is 4.63. The van der Waals surface area contributed by atoms with E-state index in [0.29, 0.717) is 18.4 Å². The SMILES string of the molecule is COc1cc(CCl)cc(Br)c1OCCCC(C)C. The first-order chi connectivity index (χ1) is 8.58. The van der Waals surface area contributed by atoms with Crippen LogP contribution in [0.25, 0.3) is 0 Å². The molecule has 0 amide bonds. The van der Waals surface area contributed by atoms with E-state index in [0.717, 1.165) is 28.0 Å². The number of alkyl halides is 1. The molecule has 0 N–H and O–H groups in total. The third kappa shape index (κ3) is 4.69. The predicted octanol–water partition coefficient (Wildman–Crippen LogP) is 5.01. The van der Waals surface area contributed by atoms with E-state index in [1.165, 1.54) is 6.42 Å². The van der Waals surface area contributed by atoms with E-state index in [1.807, 2.05) is 12.1 Å². The van der Waals surface area contributed by atoms with Gasteiger partial charge in [-0.3, -0.25) is 0 Å². The minimum absolute atomic E-state index is 0.461. The standard InChI is InChI=1S/C14H20BrClO2/c1-10(2)5-4-6-18-14-12(15)7-11(9-16)8-13(14)17-3/h7-8,10H,4-6,9H2,1-3H3. The molecule has 0 aliphatic carbocycles. The second-order valence-corrected chi connectivity index (χ2v) is 5.75. The summed E-state index contributed by atoms with van der Waals surface area (Å²) in [5, 5.41) is 0. The smallest absolute Gasteiger partial charge is 0.175 e. The molecule has 102 valence electrons. The lowest BCUT2D eigenvalue weighted by molar-refractivity contribution is 0.278. The van der Waals surface area contributed by atoms with Gasteiger partial charge in [0, 0.05) is 5.88 Å². The number of halogens is 2. The van der Waals surface area contributed by atoms with Crippen LogP contribution < -0.4 is 9.47 Å². The van der Waals surface area contributed by atoms with Crippen LogP contribution in [-0.4, -0.2) is 13.7 Å². The summed E-state index contributed by atoms with van der Waals surface area (Å²) in [5.74, 6) is 2.65. The lowest BCUT2D eigenvalue weighted by Crippen LogP contribution is -2.02. The summed E-state index contributed by atoms with van der Waals surface area (Å²) in [6.45, 7) is 5.13. The third-order valence-electron chi connectivity index (χ3n) is 2.62. The normalized spacial score (nSPS) is 10.8. The molecule has 0 fully saturated rings. The Hall–Kier alpha value is -0.410. The number of methoxy groups -OCH3 is 1. The van der Waals surface area contributed by atoms with Crippen molar-refractivity contribution in [3.63, 3.8) is 0 Å². The molecule has 4 heteroatoms. The van der Waals surface area contributed by atoms with Gasteiger partial charge in [-0.05, 0) is 52.4 Å². The molecule has 0 radical (unpaired) electrons. The minimum atomic E-state index is 0.461. The highest BCUT2D eigenvalue weighted by Gasteiger charge is 2.11. The highest BCUT2D eigenvalue weighted by molar-refractivity contribution is 9.10. The molecule has 0 atom stereocenters. The predicted molar refractivity (Wildman–Crippen MR) is 79.8 cm³/mol. The molecular formula is C14H20BrClO2. The van der Waals surface area contributed by atoms with Gasteiger partial charge in [-0.25, -0.2) is 0 Å². The number of ether oxygens (including phenoxy) is 2. The molecule has 0 heterocycles. The maximum absolute atomic E-state index is 5.82. The summed E-state index contributed by atoms with van der Waals surface area (Å²) >= 11 is 9.32. The van der Waals surface area contributed by atoms with E-state index in [4.69, 9.17) is 21.1 Å². The summed E-state index contributed by atoms with van der Waals surface area (Å²) in [5.41, 5.74) is 1.01. The number of hydrogen-bond acceptors (Lipinski definition) is 2. The average molecular weight is 336 g/mol. The maximum atomic E-state index is 5.82. The summed E-state index contributed by atoms with van der Waals surface area (Å²) in [4.78, 5) is 0. The fourth-order valence-electron chi connectivity index (χ4n) is 1.66. The van der Waals surface area contributed by atoms with Gasteiger partial charge in [0.15, 0.2) is 11.5 Å². The number of rotatable bonds is 7. The number of benzene rings is 1. The molecule has 0 aliphatic heterocycles. The van der Waals surface area contributed by atoms with E-state index >= 15 is 0 Å². The molecule has 0 saturated heterocycles. The molecule has 0 spiro atoms. The molecule has 0 bridgehead atoms. The Morgan fingerprint density at radius 2 is 2.06 bits per heavy atom. The van der Waals surface area contributed by atoms with Gasteiger partial charge in [-0.2, -0.15) is 0 Å². The Labute approximate surface area is 123 Å². The van der Waals surface area contributed by atoms with Crippen molar-refractivity contribution in [1.82, 2.24) is 0 Å². The van der Waals surface area contributed by atoms with E-state index in [1.54, 1.807) is 7.11 Å². The van der Waals surface area contributed by atoms with Gasteiger partial charge in [0.05, 0.1) is 18.2 Å². The van der Waals surface area contributed by atoms with Gasteiger partial charge in [0.25, 0.3) is 0 Å². The van der Waals surface area contributed by atoms with Crippen molar-refractivity contribution >= 4 is 27.5 Å². The van der Waals surface area contributed by atoms with Crippen molar-refractivity contribution in [1.29, 1.82) is 0 Å². The van der Waals surface area contributed by atoms with Gasteiger partial charge in [-0.1, -0.05) is 13.8 Å². The van der Waals surface area contributed by atoms with Crippen molar-refractivity contribution in [2.45, 2.75) is 32.6 Å². The van der Waals surface area contributed by atoms with Crippen LogP contribution in [0.3, 0.4) is 0 Å². The van der Waals surface area contributed by atoms with Crippen LogP contribution in [0.4, 0.5) is 0 Å². The van der Waals surface area contributed by atoms with Gasteiger partial charge in [0.2, 0.25) is 0 Å². The quantitative estimate of drug-likeness (QED) is 0.515. The van der Waals surface area contributed by atoms with Crippen LogP contribution in [0.15, 0.2) is 16.6 Å². The zero-order valence-corrected chi connectivity index (χ0v) is 13.5. The highest BCUT2D eigenvalue weighted by atomic mass is 79.9. The highest BCUT2D eigenvalue weighted by Crippen LogP contribution is 2.37. The van der Waals surface area contributed by atoms with E-state index in [2.05, 4.69) is 29.8 Å². The maximum Gasteiger partial charge on any atom is 0.175 e. The van der Waals surface area contributed by atoms with Gasteiger partial charge >= 0.3 is 0 Å². The monoisotopic (exact) mass is 334 g/mol. The first kappa shape index (κ1) is 15.6. The molecule has 18 heavy (non-hydrogen) atoms. The van der Waals surface area contributed by atoms with Crippen LogP contribution in [0, 0.1) is 5.92 Å². The molecule has 1 aromatic rings. The molecule has 1 aromatic carbocycles. The van der Waals surface area contributed by atoms with Crippen LogP contribution in [-0.2, 0) is 5.88 Å². The summed E-state index contributed by atoms with van der Waals surface area (Å²) in [6.07, 6.45) is 2.21. The van der Waals surface area contributed by atoms with Crippen LogP contribution >= 0.6 is 27.5 Å². The molecule has 1 rings (SSSR count). The zero-order chi connectivity index (χ0) is 13.5. The average Bonchev–Trinajstić information content (AvgIpc) is 2.34. The second kappa shape index (κ2) is 7.90. The van der Waals surface area contributed by atoms with Crippen molar-refractivity contribution in [2.75, 3.05) is 13.7 Å². The largest absolute Gasteiger partial charge is 0.493 e. The summed E-state index contributed by atoms with van der Waals surface area (Å²) in [7, 11) is 1.64. The molecule has 2 nitrogen and oxygen atoms in total. The van der Waals surface area contributed by atoms with Gasteiger partial charge < -0.3 is 9.47 Å². The fourth-order valence-corrected chi connectivity index (χ4v) is 2.41. The Balaban J connectivity index is 2.69. The first-order valence-corrected chi connectivity index (χ1v) is 7.46. The van der Waals surface area contributed by atoms with Crippen LogP contribution in [0.1, 0.15) is 32.3 Å². The number of hydrogen-bond donors (Lipinski definition) is 0. The van der Waals surface area contributed by atoms with Gasteiger partial charge in [-0.15, -0.1) is 11.6 Å². The van der Waals surface area contributed by atoms with Crippen molar-refractivity contribution in [2.24, 2.45) is 5.92 Å². The fraction of sp³-hybridized carbons (Fsp3) is 0.571. The first-order valence-electron chi connectivity index (χ1n) is 6.13. The Morgan fingerprint density at radius 1 is 1.33 bits per heavy atom. The topological polar surface area (TPSA) is 18.5 Å². The van der Waals surface area contributed by atoms with Crippen LogP contribution in [0.2, 0.25) is 0 Å². The minimum Gasteiger partial charge on any atom is -0.493 e. The molecule has 0 unspecified atom stereocenters. The van der Waals surface area contributed by atoms with Crippen molar-refractivity contribution < 1.29 is 9.47 Å². The molecule has 0 aromatic heterocycles. The Morgan fingerprint density at radius 3 is 2.61 bits per heavy atom. The molecular weight excluding hydrogens is 316 g/mol. The van der Waals surface area contributed by atoms with Crippen molar-refractivity contribution in [3.8, 4) is 11.5 Å². The van der Waals surface area contributed by atoms with E-state index in [-0.39, 0.29) is 0 Å². The Bertz CT molecular complexity index is 380. The lowest BCUT2D eigenvalue weighted by Gasteiger charge is -2.14. The van der Waals surface area contributed by atoms with Crippen LogP contribution in [0.5, 0.6) is 11.5 Å². The summed E-state index contributed by atoms with van der Waals surface area (Å²) < 4.78 is 12.0. The third-order valence-corrected chi connectivity index (χ3v) is 3.51. The summed E-state index contributed by atoms with van der Waals surface area (Å²) in [6, 6.07) is 3.88. The lowest BCUT2D eigenvalue weighted by atomic mass is 10.1. The molecule has 0 aliphatic rings. The Kier molecular flexibility index (Phi) is 6.87. The molecule has 0 saturated carbocycles. The van der Waals surface area contributed by atoms with E-state index < -0.39 is 0 Å². The van der Waals surface area contributed by atoms with E-state index in [9.17, 15) is 0 Å².